The molecule has 0 aromatic heterocycles. The summed E-state index contributed by atoms with van der Waals surface area (Å²) in [5.74, 6) is 0.108. The molecule has 6 heteroatoms. The molecule has 0 aliphatic heterocycles. The van der Waals surface area contributed by atoms with E-state index in [2.05, 4.69) is 15.9 Å². The van der Waals surface area contributed by atoms with Crippen LogP contribution in [0.25, 0.3) is 0 Å². The summed E-state index contributed by atoms with van der Waals surface area (Å²) in [6, 6.07) is 12.7. The zero-order valence-corrected chi connectivity index (χ0v) is 12.7. The molecule has 0 saturated carbocycles. The molecule has 2 rings (SSSR count). The number of carbonyl (C=O) groups excluding carboxylic acids is 1. The number of ether oxygens (including phenoxy) is 1. The number of nitro benzene ring substituents is 1. The number of halogens is 1. The number of nitro groups is 1. The van der Waals surface area contributed by atoms with Crippen molar-refractivity contribution in [3.8, 4) is 5.75 Å². The molecule has 108 valence electrons. The summed E-state index contributed by atoms with van der Waals surface area (Å²) >= 11 is 3.30. The van der Waals surface area contributed by atoms with Gasteiger partial charge in [-0.15, -0.1) is 0 Å². The Morgan fingerprint density at radius 1 is 1.24 bits per heavy atom. The summed E-state index contributed by atoms with van der Waals surface area (Å²) in [7, 11) is 0. The zero-order valence-electron chi connectivity index (χ0n) is 11.2. The van der Waals surface area contributed by atoms with Gasteiger partial charge >= 0.3 is 0 Å². The van der Waals surface area contributed by atoms with Crippen LogP contribution in [-0.4, -0.2) is 16.8 Å². The number of hydrogen-bond donors (Lipinski definition) is 0. The number of benzene rings is 2. The third kappa shape index (κ3) is 3.88. The van der Waals surface area contributed by atoms with Crippen LogP contribution in [0.4, 0.5) is 5.69 Å². The Kier molecular flexibility index (Phi) is 4.70. The maximum absolute atomic E-state index is 12.2. The Morgan fingerprint density at radius 2 is 1.90 bits per heavy atom. The van der Waals surface area contributed by atoms with Crippen molar-refractivity contribution in [3.05, 3.63) is 68.7 Å². The lowest BCUT2D eigenvalue weighted by molar-refractivity contribution is -0.384. The van der Waals surface area contributed by atoms with Crippen molar-refractivity contribution in [2.45, 2.75) is 13.0 Å². The Balaban J connectivity index is 2.12. The van der Waals surface area contributed by atoms with Crippen LogP contribution >= 0.6 is 15.9 Å². The Labute approximate surface area is 129 Å². The van der Waals surface area contributed by atoms with E-state index in [1.165, 1.54) is 18.2 Å². The lowest BCUT2D eigenvalue weighted by Crippen LogP contribution is -2.23. The van der Waals surface area contributed by atoms with E-state index >= 15 is 0 Å². The van der Waals surface area contributed by atoms with Gasteiger partial charge in [-0.2, -0.15) is 0 Å². The van der Waals surface area contributed by atoms with E-state index in [9.17, 15) is 14.9 Å². The van der Waals surface area contributed by atoms with Crippen molar-refractivity contribution >= 4 is 27.4 Å². The molecule has 0 aliphatic rings. The first-order valence-corrected chi connectivity index (χ1v) is 6.97. The average molecular weight is 350 g/mol. The number of Topliss-reactive ketones (excluding diaryl/α,β-unsaturated/α-hetero) is 1. The predicted molar refractivity (Wildman–Crippen MR) is 81.7 cm³/mol. The van der Waals surface area contributed by atoms with E-state index in [0.29, 0.717) is 11.3 Å². The average Bonchev–Trinajstić information content (AvgIpc) is 2.47. The second-order valence-electron chi connectivity index (χ2n) is 4.39. The van der Waals surface area contributed by atoms with Crippen molar-refractivity contribution < 1.29 is 14.5 Å². The molecule has 0 spiro atoms. The minimum atomic E-state index is -0.729. The van der Waals surface area contributed by atoms with Gasteiger partial charge in [0.2, 0.25) is 5.78 Å². The maximum Gasteiger partial charge on any atom is 0.273 e. The highest BCUT2D eigenvalue weighted by Crippen LogP contribution is 2.21. The highest BCUT2D eigenvalue weighted by molar-refractivity contribution is 9.10. The molecule has 0 fully saturated rings. The zero-order chi connectivity index (χ0) is 15.4. The van der Waals surface area contributed by atoms with E-state index in [1.807, 2.05) is 0 Å². The third-order valence-corrected chi connectivity index (χ3v) is 3.37. The minimum absolute atomic E-state index is 0.0733. The highest BCUT2D eigenvalue weighted by Gasteiger charge is 2.17. The number of carbonyl (C=O) groups is 1. The van der Waals surface area contributed by atoms with Gasteiger partial charge in [-0.3, -0.25) is 14.9 Å². The summed E-state index contributed by atoms with van der Waals surface area (Å²) in [5.41, 5.74) is 0.451. The summed E-state index contributed by atoms with van der Waals surface area (Å²) in [6.07, 6.45) is -0.729. The number of rotatable bonds is 5. The van der Waals surface area contributed by atoms with Gasteiger partial charge in [0.15, 0.2) is 6.10 Å². The van der Waals surface area contributed by atoms with E-state index in [1.54, 1.807) is 37.3 Å². The molecule has 5 nitrogen and oxygen atoms in total. The summed E-state index contributed by atoms with van der Waals surface area (Å²) in [4.78, 5) is 22.4. The van der Waals surface area contributed by atoms with Gasteiger partial charge in [0.1, 0.15) is 5.75 Å². The molecule has 0 bridgehead atoms. The van der Waals surface area contributed by atoms with Crippen molar-refractivity contribution in [1.82, 2.24) is 0 Å². The highest BCUT2D eigenvalue weighted by atomic mass is 79.9. The number of ketones is 1. The molecule has 0 unspecified atom stereocenters. The van der Waals surface area contributed by atoms with E-state index in [0.717, 1.165) is 4.47 Å². The predicted octanol–water partition coefficient (Wildman–Crippen LogP) is 4.01. The fourth-order valence-corrected chi connectivity index (χ4v) is 2.04. The SMILES string of the molecule is C[C@H](Oc1cccc([N+](=O)[O-])c1)C(=O)c1ccc(Br)cc1. The molecular weight excluding hydrogens is 338 g/mol. The van der Waals surface area contributed by atoms with Gasteiger partial charge in [0, 0.05) is 16.1 Å². The van der Waals surface area contributed by atoms with Crippen LogP contribution in [0.2, 0.25) is 0 Å². The third-order valence-electron chi connectivity index (χ3n) is 2.84. The topological polar surface area (TPSA) is 69.4 Å². The second-order valence-corrected chi connectivity index (χ2v) is 5.30. The van der Waals surface area contributed by atoms with Crippen molar-refractivity contribution in [2.75, 3.05) is 0 Å². The van der Waals surface area contributed by atoms with Crippen LogP contribution in [0.15, 0.2) is 53.0 Å². The molecule has 2 aromatic carbocycles. The van der Waals surface area contributed by atoms with Crippen molar-refractivity contribution in [1.29, 1.82) is 0 Å². The lowest BCUT2D eigenvalue weighted by atomic mass is 10.1. The summed E-state index contributed by atoms with van der Waals surface area (Å²) in [5, 5.41) is 10.7. The van der Waals surface area contributed by atoms with Gasteiger partial charge in [-0.1, -0.05) is 34.1 Å². The molecule has 0 heterocycles. The first-order valence-electron chi connectivity index (χ1n) is 6.18. The van der Waals surface area contributed by atoms with E-state index < -0.39 is 11.0 Å². The van der Waals surface area contributed by atoms with Gasteiger partial charge < -0.3 is 4.74 Å². The fourth-order valence-electron chi connectivity index (χ4n) is 1.78. The molecular formula is C15H12BrNO4. The lowest BCUT2D eigenvalue weighted by Gasteiger charge is -2.13. The smallest absolute Gasteiger partial charge is 0.273 e. The monoisotopic (exact) mass is 349 g/mol. The molecule has 2 aromatic rings. The minimum Gasteiger partial charge on any atom is -0.482 e. The van der Waals surface area contributed by atoms with Crippen LogP contribution in [0.5, 0.6) is 5.75 Å². The molecule has 1 atom stereocenters. The van der Waals surface area contributed by atoms with Gasteiger partial charge in [-0.25, -0.2) is 0 Å². The second kappa shape index (κ2) is 6.49. The van der Waals surface area contributed by atoms with Gasteiger partial charge in [0.05, 0.1) is 11.0 Å². The molecule has 21 heavy (non-hydrogen) atoms. The van der Waals surface area contributed by atoms with Gasteiger partial charge in [0.25, 0.3) is 5.69 Å². The first-order chi connectivity index (χ1) is 9.97. The van der Waals surface area contributed by atoms with Gasteiger partial charge in [-0.05, 0) is 25.1 Å². The fraction of sp³-hybridized carbons (Fsp3) is 0.133. The molecule has 0 N–H and O–H groups in total. The number of hydrogen-bond acceptors (Lipinski definition) is 4. The number of non-ortho nitro benzene ring substituents is 1. The largest absolute Gasteiger partial charge is 0.482 e. The van der Waals surface area contributed by atoms with Crippen LogP contribution in [0.3, 0.4) is 0 Å². The number of nitrogens with zero attached hydrogens (tertiary/aromatic N) is 1. The molecule has 0 aliphatic carbocycles. The Morgan fingerprint density at radius 3 is 2.52 bits per heavy atom. The van der Waals surface area contributed by atoms with Crippen LogP contribution in [-0.2, 0) is 0 Å². The first kappa shape index (κ1) is 15.2. The van der Waals surface area contributed by atoms with Crippen molar-refractivity contribution in [2.24, 2.45) is 0 Å². The van der Waals surface area contributed by atoms with Crippen LogP contribution in [0.1, 0.15) is 17.3 Å². The van der Waals surface area contributed by atoms with E-state index in [-0.39, 0.29) is 11.5 Å². The molecule has 0 amide bonds. The normalized spacial score (nSPS) is 11.7. The Bertz CT molecular complexity index is 670. The maximum atomic E-state index is 12.2. The summed E-state index contributed by atoms with van der Waals surface area (Å²) < 4.78 is 6.37. The van der Waals surface area contributed by atoms with E-state index in [4.69, 9.17) is 4.74 Å². The summed E-state index contributed by atoms with van der Waals surface area (Å²) in [6.45, 7) is 1.61. The van der Waals surface area contributed by atoms with Crippen molar-refractivity contribution in [3.63, 3.8) is 0 Å². The molecule has 0 saturated heterocycles. The van der Waals surface area contributed by atoms with Crippen LogP contribution in [0, 0.1) is 10.1 Å². The molecule has 0 radical (unpaired) electrons. The Hall–Kier alpha value is -2.21. The standard InChI is InChI=1S/C15H12BrNO4/c1-10(15(18)11-5-7-12(16)8-6-11)21-14-4-2-3-13(9-14)17(19)20/h2-10H,1H3/t10-/m0/s1. The van der Waals surface area contributed by atoms with Crippen LogP contribution < -0.4 is 4.74 Å². The quantitative estimate of drug-likeness (QED) is 0.464.